The Morgan fingerprint density at radius 3 is 2.65 bits per heavy atom. The maximum atomic E-state index is 12.1. The number of imide groups is 1. The predicted octanol–water partition coefficient (Wildman–Crippen LogP) is 0.558. The van der Waals surface area contributed by atoms with Gasteiger partial charge in [0.15, 0.2) is 6.04 Å². The number of carbonyl (C=O) groups excluding carboxylic acids is 3. The number of anilines is 1. The molecule has 2 aromatic carbocycles. The Kier molecular flexibility index (Phi) is 3.47. The van der Waals surface area contributed by atoms with Crippen LogP contribution in [0.4, 0.5) is 10.5 Å². The van der Waals surface area contributed by atoms with Gasteiger partial charge in [-0.3, -0.25) is 0 Å². The van der Waals surface area contributed by atoms with Crippen LogP contribution in [-0.4, -0.2) is 34.0 Å². The number of rotatable bonds is 3. The monoisotopic (exact) mass is 316 g/mol. The molecule has 2 unspecified atom stereocenters. The Hall–Kier alpha value is -2.97. The molecule has 0 aliphatic carbocycles. The van der Waals surface area contributed by atoms with Crippen LogP contribution in [0.15, 0.2) is 42.5 Å². The van der Waals surface area contributed by atoms with Gasteiger partial charge in [0.1, 0.15) is 6.42 Å². The molecule has 1 heterocycles. The smallest absolute Gasteiger partial charge is 0.407 e. The fraction of sp³-hybridized carbons (Fsp3) is 0.133. The largest absolute Gasteiger partial charge is 0.422 e. The van der Waals surface area contributed by atoms with Crippen molar-refractivity contribution in [2.45, 2.75) is 12.5 Å². The first-order chi connectivity index (χ1) is 10.9. The van der Waals surface area contributed by atoms with Crippen molar-refractivity contribution in [3.8, 4) is 0 Å². The van der Waals surface area contributed by atoms with Crippen LogP contribution in [-0.2, 0) is 14.4 Å². The van der Waals surface area contributed by atoms with E-state index in [0.29, 0.717) is 5.69 Å². The van der Waals surface area contributed by atoms with Crippen molar-refractivity contribution in [1.29, 1.82) is 0 Å². The van der Waals surface area contributed by atoms with E-state index in [4.69, 9.17) is 0 Å². The molecule has 2 atom stereocenters. The molecule has 0 saturated carbocycles. The van der Waals surface area contributed by atoms with Crippen LogP contribution in [0.25, 0.3) is 10.8 Å². The Bertz CT molecular complexity index is 815. The molecule has 2 aromatic rings. The van der Waals surface area contributed by atoms with Gasteiger partial charge in [-0.2, -0.15) is 5.21 Å². The molecule has 8 nitrogen and oxygen atoms in total. The zero-order chi connectivity index (χ0) is 16.6. The lowest BCUT2D eigenvalue weighted by Crippen LogP contribution is -2.54. The number of benzene rings is 2. The summed E-state index contributed by atoms with van der Waals surface area (Å²) in [4.78, 5) is 36.0. The highest BCUT2D eigenvalue weighted by Crippen LogP contribution is 2.28. The van der Waals surface area contributed by atoms with Gasteiger partial charge in [-0.05, 0) is 11.5 Å². The summed E-state index contributed by atoms with van der Waals surface area (Å²) in [6, 6.07) is 11.6. The molecule has 2 amide bonds. The van der Waals surface area contributed by atoms with Crippen LogP contribution in [0.5, 0.6) is 0 Å². The average Bonchev–Trinajstić information content (AvgIpc) is 2.71. The molecule has 0 radical (unpaired) electrons. The van der Waals surface area contributed by atoms with Crippen LogP contribution in [0.3, 0.4) is 0 Å². The van der Waals surface area contributed by atoms with Gasteiger partial charge in [0, 0.05) is 11.1 Å². The summed E-state index contributed by atoms with van der Waals surface area (Å²) in [6.07, 6.45) is -2.58. The van der Waals surface area contributed by atoms with Gasteiger partial charge in [0.2, 0.25) is 0 Å². The molecule has 0 aromatic heterocycles. The fourth-order valence-electron chi connectivity index (χ4n) is 2.58. The number of fused-ring (bicyclic) bond motifs is 1. The van der Waals surface area contributed by atoms with Crippen molar-refractivity contribution in [3.63, 3.8) is 0 Å². The lowest BCUT2D eigenvalue weighted by molar-refractivity contribution is -1.12. The van der Waals surface area contributed by atoms with Crippen molar-refractivity contribution in [1.82, 2.24) is 0 Å². The second kappa shape index (κ2) is 5.34. The molecule has 1 saturated heterocycles. The summed E-state index contributed by atoms with van der Waals surface area (Å²) in [5, 5.41) is 24.9. The van der Waals surface area contributed by atoms with Crippen molar-refractivity contribution in [2.24, 2.45) is 0 Å². The normalized spacial score (nSPS) is 24.0. The molecule has 0 spiro atoms. The maximum Gasteiger partial charge on any atom is 0.407 e. The van der Waals surface area contributed by atoms with Gasteiger partial charge >= 0.3 is 18.0 Å². The van der Waals surface area contributed by atoms with Crippen molar-refractivity contribution < 1.29 is 34.3 Å². The SMILES string of the molecule is O=C([O-])O[N+]1(O)C(=O)CC(Nc2cccc3ccccc23)C1=O. The third kappa shape index (κ3) is 2.50. The third-order valence-electron chi connectivity index (χ3n) is 3.64. The minimum atomic E-state index is -2.26. The number of hydrogen-bond acceptors (Lipinski definition) is 7. The molecule has 8 heteroatoms. The third-order valence-corrected chi connectivity index (χ3v) is 3.64. The number of amides is 2. The summed E-state index contributed by atoms with van der Waals surface area (Å²) in [7, 11) is 0. The fourth-order valence-corrected chi connectivity index (χ4v) is 2.58. The summed E-state index contributed by atoms with van der Waals surface area (Å²) in [5.41, 5.74) is 0.580. The van der Waals surface area contributed by atoms with E-state index in [1.807, 2.05) is 30.3 Å². The van der Waals surface area contributed by atoms with E-state index in [1.54, 1.807) is 12.1 Å². The van der Waals surface area contributed by atoms with E-state index in [2.05, 4.69) is 10.2 Å². The van der Waals surface area contributed by atoms with Crippen LogP contribution in [0.2, 0.25) is 0 Å². The molecule has 3 rings (SSSR count). The minimum absolute atomic E-state index is 0.411. The van der Waals surface area contributed by atoms with E-state index >= 15 is 0 Å². The van der Waals surface area contributed by atoms with Gasteiger partial charge in [-0.15, -0.1) is 0 Å². The first-order valence-electron chi connectivity index (χ1n) is 6.76. The van der Waals surface area contributed by atoms with Gasteiger partial charge in [0.25, 0.3) is 0 Å². The van der Waals surface area contributed by atoms with Crippen LogP contribution >= 0.6 is 0 Å². The van der Waals surface area contributed by atoms with Crippen molar-refractivity contribution in [2.75, 3.05) is 5.32 Å². The first kappa shape index (κ1) is 14.9. The average molecular weight is 316 g/mol. The molecule has 23 heavy (non-hydrogen) atoms. The second-order valence-corrected chi connectivity index (χ2v) is 5.08. The highest BCUT2D eigenvalue weighted by Gasteiger charge is 2.58. The van der Waals surface area contributed by atoms with E-state index < -0.39 is 35.2 Å². The Labute approximate surface area is 130 Å². The standard InChI is InChI=1S/C15H12N2O6/c18-13-8-12(14(19)17(13,22)23-15(20)21)16-11-7-3-5-9-4-1-2-6-10(9)11/h1-7,12,16,22H,8H2. The minimum Gasteiger partial charge on any atom is -0.422 e. The summed E-state index contributed by atoms with van der Waals surface area (Å²) >= 11 is 0. The first-order valence-corrected chi connectivity index (χ1v) is 6.76. The van der Waals surface area contributed by atoms with E-state index in [9.17, 15) is 24.7 Å². The van der Waals surface area contributed by atoms with E-state index in [1.165, 1.54) is 0 Å². The Balaban J connectivity index is 1.90. The van der Waals surface area contributed by atoms with E-state index in [-0.39, 0.29) is 0 Å². The molecule has 1 fully saturated rings. The maximum absolute atomic E-state index is 12.1. The van der Waals surface area contributed by atoms with Crippen molar-refractivity contribution >= 4 is 34.4 Å². The highest BCUT2D eigenvalue weighted by atomic mass is 17.0. The quantitative estimate of drug-likeness (QED) is 0.483. The van der Waals surface area contributed by atoms with Gasteiger partial charge in [-0.1, -0.05) is 36.4 Å². The second-order valence-electron chi connectivity index (χ2n) is 5.08. The molecular formula is C15H12N2O6. The number of hydroxylamine groups is 4. The summed E-state index contributed by atoms with van der Waals surface area (Å²) in [5.74, 6) is -2.20. The molecule has 1 aliphatic rings. The zero-order valence-electron chi connectivity index (χ0n) is 11.8. The number of nitrogens with one attached hydrogen (secondary N) is 1. The van der Waals surface area contributed by atoms with Crippen LogP contribution in [0.1, 0.15) is 6.42 Å². The van der Waals surface area contributed by atoms with Crippen molar-refractivity contribution in [3.05, 3.63) is 42.5 Å². The van der Waals surface area contributed by atoms with E-state index in [0.717, 1.165) is 10.8 Å². The highest BCUT2D eigenvalue weighted by molar-refractivity contribution is 5.99. The molecule has 1 aliphatic heterocycles. The molecule has 0 bridgehead atoms. The van der Waals surface area contributed by atoms with Gasteiger partial charge in [-0.25, -0.2) is 9.59 Å². The van der Waals surface area contributed by atoms with Gasteiger partial charge in [0.05, 0.1) is 4.81 Å². The number of nitrogens with zero attached hydrogens (tertiary/aromatic N) is 1. The lowest BCUT2D eigenvalue weighted by Gasteiger charge is -2.21. The summed E-state index contributed by atoms with van der Waals surface area (Å²) in [6.45, 7) is 0. The molecule has 118 valence electrons. The Morgan fingerprint density at radius 1 is 1.22 bits per heavy atom. The lowest BCUT2D eigenvalue weighted by atomic mass is 10.1. The van der Waals surface area contributed by atoms with Crippen LogP contribution < -0.4 is 10.4 Å². The molecule has 2 N–H and O–H groups in total. The predicted molar refractivity (Wildman–Crippen MR) is 74.5 cm³/mol. The molecular weight excluding hydrogens is 304 g/mol. The topological polar surface area (TPSA) is 116 Å². The van der Waals surface area contributed by atoms with Gasteiger partial charge < -0.3 is 20.1 Å². The number of quaternary nitrogens is 1. The Morgan fingerprint density at radius 2 is 1.91 bits per heavy atom. The van der Waals surface area contributed by atoms with Crippen LogP contribution in [0, 0.1) is 0 Å². The number of carboxylic acid groups (broad SMARTS) is 1. The number of hydrogen-bond donors (Lipinski definition) is 2. The number of carbonyl (C=O) groups is 3. The zero-order valence-corrected chi connectivity index (χ0v) is 11.8. The summed E-state index contributed by atoms with van der Waals surface area (Å²) < 4.78 is 0.